The molecule has 2 rings (SSSR count). The highest BCUT2D eigenvalue weighted by molar-refractivity contribution is 5.42. The number of nitrogens with two attached hydrogens (primary N) is 1. The molecule has 1 aromatic heterocycles. The lowest BCUT2D eigenvalue weighted by Crippen LogP contribution is -2.06. The van der Waals surface area contributed by atoms with Crippen molar-refractivity contribution in [3.8, 4) is 17.5 Å². The second-order valence-corrected chi connectivity index (χ2v) is 4.15. The Balaban J connectivity index is 2.11. The van der Waals surface area contributed by atoms with Crippen LogP contribution >= 0.6 is 0 Å². The zero-order chi connectivity index (χ0) is 13.0. The topological polar surface area (TPSA) is 57.4 Å². The molecule has 18 heavy (non-hydrogen) atoms. The molecular formula is C14H16N2O2. The Kier molecular flexibility index (Phi) is 3.67. The van der Waals surface area contributed by atoms with Crippen molar-refractivity contribution in [2.24, 2.45) is 0 Å². The lowest BCUT2D eigenvalue weighted by Gasteiger charge is -2.10. The zero-order valence-corrected chi connectivity index (χ0v) is 10.5. The minimum atomic E-state index is 0.0873. The van der Waals surface area contributed by atoms with Gasteiger partial charge in [-0.15, -0.1) is 0 Å². The van der Waals surface area contributed by atoms with Crippen molar-refractivity contribution in [2.75, 3.05) is 5.73 Å². The van der Waals surface area contributed by atoms with Gasteiger partial charge in [-0.2, -0.15) is 4.98 Å². The van der Waals surface area contributed by atoms with E-state index in [9.17, 15) is 0 Å². The number of aromatic nitrogens is 1. The second kappa shape index (κ2) is 5.40. The summed E-state index contributed by atoms with van der Waals surface area (Å²) in [5, 5.41) is 0. The third-order valence-corrected chi connectivity index (χ3v) is 2.16. The van der Waals surface area contributed by atoms with Crippen molar-refractivity contribution in [1.82, 2.24) is 4.98 Å². The largest absolute Gasteiger partial charge is 0.475 e. The highest BCUT2D eigenvalue weighted by Gasteiger charge is 2.03. The van der Waals surface area contributed by atoms with Crippen molar-refractivity contribution >= 4 is 5.69 Å². The van der Waals surface area contributed by atoms with Crippen molar-refractivity contribution in [1.29, 1.82) is 0 Å². The quantitative estimate of drug-likeness (QED) is 0.839. The summed E-state index contributed by atoms with van der Waals surface area (Å²) in [6.45, 7) is 3.91. The molecule has 0 aliphatic heterocycles. The molecule has 0 aliphatic carbocycles. The molecule has 2 N–H and O–H groups in total. The highest BCUT2D eigenvalue weighted by atomic mass is 16.5. The summed E-state index contributed by atoms with van der Waals surface area (Å²) < 4.78 is 11.1. The lowest BCUT2D eigenvalue weighted by molar-refractivity contribution is 0.230. The predicted molar refractivity (Wildman–Crippen MR) is 70.9 cm³/mol. The number of benzene rings is 1. The number of hydrogen-bond acceptors (Lipinski definition) is 4. The van der Waals surface area contributed by atoms with Gasteiger partial charge in [0.05, 0.1) is 6.10 Å². The molecule has 0 atom stereocenters. The average Bonchev–Trinajstić information content (AvgIpc) is 2.32. The van der Waals surface area contributed by atoms with Crippen LogP contribution in [0.15, 0.2) is 42.5 Å². The van der Waals surface area contributed by atoms with Gasteiger partial charge in [0.15, 0.2) is 0 Å². The summed E-state index contributed by atoms with van der Waals surface area (Å²) in [5.41, 5.74) is 6.31. The van der Waals surface area contributed by atoms with E-state index in [2.05, 4.69) is 4.98 Å². The van der Waals surface area contributed by atoms with E-state index in [1.807, 2.05) is 19.9 Å². The number of rotatable bonds is 4. The molecule has 0 radical (unpaired) electrons. The van der Waals surface area contributed by atoms with Gasteiger partial charge in [-0.25, -0.2) is 0 Å². The van der Waals surface area contributed by atoms with Crippen molar-refractivity contribution in [3.05, 3.63) is 42.5 Å². The van der Waals surface area contributed by atoms with Gasteiger partial charge in [-0.05, 0) is 38.1 Å². The van der Waals surface area contributed by atoms with Crippen molar-refractivity contribution in [3.63, 3.8) is 0 Å². The van der Waals surface area contributed by atoms with Crippen LogP contribution in [0.5, 0.6) is 17.5 Å². The number of ether oxygens (including phenoxy) is 2. The second-order valence-electron chi connectivity index (χ2n) is 4.15. The Morgan fingerprint density at radius 3 is 2.33 bits per heavy atom. The molecule has 94 valence electrons. The van der Waals surface area contributed by atoms with E-state index in [0.717, 1.165) is 0 Å². The van der Waals surface area contributed by atoms with E-state index in [1.165, 1.54) is 0 Å². The van der Waals surface area contributed by atoms with Crippen molar-refractivity contribution in [2.45, 2.75) is 20.0 Å². The Bertz CT molecular complexity index is 509. The van der Waals surface area contributed by atoms with Gasteiger partial charge in [0.25, 0.3) is 0 Å². The SMILES string of the molecule is CC(C)Oc1cccc(Oc2ccc(N)cc2)n1. The minimum Gasteiger partial charge on any atom is -0.475 e. The molecule has 4 heteroatoms. The van der Waals surface area contributed by atoms with Crippen LogP contribution in [0.1, 0.15) is 13.8 Å². The van der Waals surface area contributed by atoms with E-state index < -0.39 is 0 Å². The monoisotopic (exact) mass is 244 g/mol. The number of nitrogen functional groups attached to an aromatic ring is 1. The first-order valence-electron chi connectivity index (χ1n) is 5.80. The van der Waals surface area contributed by atoms with Gasteiger partial charge in [-0.3, -0.25) is 0 Å². The minimum absolute atomic E-state index is 0.0873. The summed E-state index contributed by atoms with van der Waals surface area (Å²) in [6, 6.07) is 12.6. The fraction of sp³-hybridized carbons (Fsp3) is 0.214. The van der Waals surface area contributed by atoms with Crippen LogP contribution < -0.4 is 15.2 Å². The third-order valence-electron chi connectivity index (χ3n) is 2.16. The van der Waals surface area contributed by atoms with E-state index in [0.29, 0.717) is 23.2 Å². The normalized spacial score (nSPS) is 10.4. The Labute approximate surface area is 106 Å². The Morgan fingerprint density at radius 1 is 1.00 bits per heavy atom. The molecule has 0 unspecified atom stereocenters. The maximum absolute atomic E-state index is 5.61. The van der Waals surface area contributed by atoms with E-state index in [1.54, 1.807) is 36.4 Å². The molecule has 1 aromatic carbocycles. The average molecular weight is 244 g/mol. The summed E-state index contributed by atoms with van der Waals surface area (Å²) in [7, 11) is 0. The summed E-state index contributed by atoms with van der Waals surface area (Å²) in [6.07, 6.45) is 0.0873. The first kappa shape index (κ1) is 12.2. The zero-order valence-electron chi connectivity index (χ0n) is 10.5. The first-order valence-corrected chi connectivity index (χ1v) is 5.80. The molecule has 0 saturated heterocycles. The smallest absolute Gasteiger partial charge is 0.222 e. The fourth-order valence-corrected chi connectivity index (χ4v) is 1.42. The molecule has 2 aromatic rings. The third kappa shape index (κ3) is 3.38. The Hall–Kier alpha value is -2.23. The molecule has 0 fully saturated rings. The van der Waals surface area contributed by atoms with Gasteiger partial charge < -0.3 is 15.2 Å². The number of pyridine rings is 1. The maximum Gasteiger partial charge on any atom is 0.222 e. The lowest BCUT2D eigenvalue weighted by atomic mass is 10.3. The van der Waals surface area contributed by atoms with Crippen LogP contribution in [0, 0.1) is 0 Å². The molecule has 0 aliphatic rings. The van der Waals surface area contributed by atoms with Crippen molar-refractivity contribution < 1.29 is 9.47 Å². The van der Waals surface area contributed by atoms with Gasteiger partial charge in [0.1, 0.15) is 5.75 Å². The number of anilines is 1. The molecule has 0 bridgehead atoms. The molecule has 0 amide bonds. The molecule has 0 saturated carbocycles. The molecule has 4 nitrogen and oxygen atoms in total. The maximum atomic E-state index is 5.61. The van der Waals surface area contributed by atoms with Gasteiger partial charge >= 0.3 is 0 Å². The number of hydrogen-bond donors (Lipinski definition) is 1. The highest BCUT2D eigenvalue weighted by Crippen LogP contribution is 2.22. The van der Waals surface area contributed by atoms with Gasteiger partial charge in [-0.1, -0.05) is 6.07 Å². The van der Waals surface area contributed by atoms with E-state index in [4.69, 9.17) is 15.2 Å². The van der Waals surface area contributed by atoms with Crippen LogP contribution in [-0.4, -0.2) is 11.1 Å². The summed E-state index contributed by atoms with van der Waals surface area (Å²) >= 11 is 0. The van der Waals surface area contributed by atoms with Crippen LogP contribution in [0.2, 0.25) is 0 Å². The van der Waals surface area contributed by atoms with Crippen LogP contribution in [0.25, 0.3) is 0 Å². The summed E-state index contributed by atoms with van der Waals surface area (Å²) in [4.78, 5) is 4.25. The van der Waals surface area contributed by atoms with Gasteiger partial charge in [0, 0.05) is 17.8 Å². The molecule has 0 spiro atoms. The standard InChI is InChI=1S/C14H16N2O2/c1-10(2)17-13-4-3-5-14(16-13)18-12-8-6-11(15)7-9-12/h3-10H,15H2,1-2H3. The Morgan fingerprint density at radius 2 is 1.67 bits per heavy atom. The van der Waals surface area contributed by atoms with E-state index in [-0.39, 0.29) is 6.10 Å². The van der Waals surface area contributed by atoms with Crippen LogP contribution in [0.3, 0.4) is 0 Å². The van der Waals surface area contributed by atoms with Crippen LogP contribution in [-0.2, 0) is 0 Å². The number of nitrogens with zero attached hydrogens (tertiary/aromatic N) is 1. The van der Waals surface area contributed by atoms with E-state index >= 15 is 0 Å². The first-order chi connectivity index (χ1) is 8.63. The van der Waals surface area contributed by atoms with Gasteiger partial charge in [0.2, 0.25) is 11.8 Å². The summed E-state index contributed by atoms with van der Waals surface area (Å²) in [5.74, 6) is 1.74. The fourth-order valence-electron chi connectivity index (χ4n) is 1.42. The molecule has 1 heterocycles. The predicted octanol–water partition coefficient (Wildman–Crippen LogP) is 3.24. The molecular weight excluding hydrogens is 228 g/mol. The van der Waals surface area contributed by atoms with Crippen LogP contribution in [0.4, 0.5) is 5.69 Å².